The molecule has 1 fully saturated rings. The Morgan fingerprint density at radius 1 is 1.04 bits per heavy atom. The van der Waals surface area contributed by atoms with E-state index in [4.69, 9.17) is 9.97 Å². The molecular weight excluding hydrogens is 370 g/mol. The summed E-state index contributed by atoms with van der Waals surface area (Å²) >= 11 is 0. The molecule has 1 aliphatic heterocycles. The Hall–Kier alpha value is -2.50. The lowest BCUT2D eigenvalue weighted by Crippen LogP contribution is -2.27. The molecule has 0 bridgehead atoms. The summed E-state index contributed by atoms with van der Waals surface area (Å²) in [6.45, 7) is 4.25. The first-order valence-electron chi connectivity index (χ1n) is 9.59. The highest BCUT2D eigenvalue weighted by atomic mass is 35.5. The summed E-state index contributed by atoms with van der Waals surface area (Å²) in [4.78, 5) is 9.63. The minimum Gasteiger partial charge on any atom is -0.317 e. The summed E-state index contributed by atoms with van der Waals surface area (Å²) in [5.74, 6) is 0.526. The second-order valence-electron chi connectivity index (χ2n) is 7.56. The van der Waals surface area contributed by atoms with Gasteiger partial charge in [0.05, 0.1) is 22.2 Å². The molecule has 5 rings (SSSR count). The van der Waals surface area contributed by atoms with Crippen LogP contribution in [0.15, 0.2) is 42.7 Å². The molecule has 0 amide bonds. The third kappa shape index (κ3) is 3.36. The fourth-order valence-corrected chi connectivity index (χ4v) is 4.12. The number of aryl methyl sites for hydroxylation is 2. The number of nitrogens with zero attached hydrogens (tertiary/aromatic N) is 4. The maximum atomic E-state index is 4.90. The Balaban J connectivity index is 0.00000192. The Morgan fingerprint density at radius 2 is 1.86 bits per heavy atom. The van der Waals surface area contributed by atoms with Gasteiger partial charge in [0.1, 0.15) is 0 Å². The topological polar surface area (TPSA) is 55.6 Å². The van der Waals surface area contributed by atoms with Crippen LogP contribution in [0.4, 0.5) is 0 Å². The van der Waals surface area contributed by atoms with Crippen LogP contribution in [0, 0.1) is 6.92 Å². The lowest BCUT2D eigenvalue weighted by Gasteiger charge is -2.21. The van der Waals surface area contributed by atoms with Crippen molar-refractivity contribution in [2.45, 2.75) is 25.7 Å². The number of aromatic nitrogens is 4. The van der Waals surface area contributed by atoms with Gasteiger partial charge in [0, 0.05) is 30.7 Å². The molecule has 3 heterocycles. The van der Waals surface area contributed by atoms with E-state index < -0.39 is 0 Å². The summed E-state index contributed by atoms with van der Waals surface area (Å²) in [7, 11) is 1.96. The van der Waals surface area contributed by atoms with Gasteiger partial charge in [-0.05, 0) is 73.8 Å². The molecule has 144 valence electrons. The highest BCUT2D eigenvalue weighted by Gasteiger charge is 2.17. The number of nitrogens with one attached hydrogen (secondary N) is 1. The number of fused-ring (bicyclic) bond motifs is 2. The van der Waals surface area contributed by atoms with Crippen molar-refractivity contribution in [3.05, 3.63) is 54.0 Å². The molecule has 0 saturated carbocycles. The van der Waals surface area contributed by atoms with Crippen molar-refractivity contribution in [1.29, 1.82) is 0 Å². The van der Waals surface area contributed by atoms with Gasteiger partial charge >= 0.3 is 0 Å². The molecule has 1 N–H and O–H groups in total. The normalized spacial score (nSPS) is 15.1. The van der Waals surface area contributed by atoms with Gasteiger partial charge in [-0.25, -0.2) is 4.98 Å². The third-order valence-corrected chi connectivity index (χ3v) is 5.57. The van der Waals surface area contributed by atoms with Crippen molar-refractivity contribution in [2.75, 3.05) is 13.1 Å². The average molecular weight is 394 g/mol. The lowest BCUT2D eigenvalue weighted by atomic mass is 9.95. The van der Waals surface area contributed by atoms with E-state index in [9.17, 15) is 0 Å². The smallest absolute Gasteiger partial charge is 0.0952 e. The van der Waals surface area contributed by atoms with E-state index in [1.807, 2.05) is 17.9 Å². The van der Waals surface area contributed by atoms with Crippen LogP contribution in [0.3, 0.4) is 0 Å². The van der Waals surface area contributed by atoms with Crippen molar-refractivity contribution in [3.63, 3.8) is 0 Å². The molecule has 2 aromatic heterocycles. The molecule has 6 heteroatoms. The van der Waals surface area contributed by atoms with Crippen molar-refractivity contribution in [2.24, 2.45) is 7.05 Å². The van der Waals surface area contributed by atoms with E-state index in [-0.39, 0.29) is 12.4 Å². The fraction of sp³-hybridized carbons (Fsp3) is 0.318. The zero-order chi connectivity index (χ0) is 18.4. The summed E-state index contributed by atoms with van der Waals surface area (Å²) in [5.41, 5.74) is 7.68. The average Bonchev–Trinajstić information content (AvgIpc) is 3.09. The second kappa shape index (κ2) is 7.49. The molecule has 0 aliphatic carbocycles. The maximum absolute atomic E-state index is 4.90. The number of hydrogen-bond donors (Lipinski definition) is 1. The second-order valence-corrected chi connectivity index (χ2v) is 7.56. The van der Waals surface area contributed by atoms with Crippen molar-refractivity contribution < 1.29 is 0 Å². The van der Waals surface area contributed by atoms with Crippen LogP contribution in [-0.4, -0.2) is 32.8 Å². The zero-order valence-corrected chi connectivity index (χ0v) is 17.0. The first kappa shape index (κ1) is 18.8. The first-order valence-corrected chi connectivity index (χ1v) is 9.59. The lowest BCUT2D eigenvalue weighted by molar-refractivity contribution is 0.453. The van der Waals surface area contributed by atoms with E-state index in [2.05, 4.69) is 53.9 Å². The highest BCUT2D eigenvalue weighted by Crippen LogP contribution is 2.29. The van der Waals surface area contributed by atoms with Gasteiger partial charge in [0.15, 0.2) is 0 Å². The molecule has 0 radical (unpaired) electrons. The summed E-state index contributed by atoms with van der Waals surface area (Å²) in [5, 5.41) is 9.12. The van der Waals surface area contributed by atoms with E-state index in [0.29, 0.717) is 5.92 Å². The Labute approximate surface area is 170 Å². The van der Waals surface area contributed by atoms with Crippen molar-refractivity contribution >= 4 is 34.3 Å². The summed E-state index contributed by atoms with van der Waals surface area (Å²) in [6.07, 6.45) is 6.32. The summed E-state index contributed by atoms with van der Waals surface area (Å²) in [6, 6.07) is 10.8. The van der Waals surface area contributed by atoms with E-state index in [0.717, 1.165) is 48.2 Å². The Morgan fingerprint density at radius 3 is 2.68 bits per heavy atom. The number of rotatable bonds is 2. The maximum Gasteiger partial charge on any atom is 0.0952 e. The molecule has 0 atom stereocenters. The predicted molar refractivity (Wildman–Crippen MR) is 116 cm³/mol. The molecule has 28 heavy (non-hydrogen) atoms. The molecule has 1 saturated heterocycles. The van der Waals surface area contributed by atoms with Gasteiger partial charge in [-0.2, -0.15) is 5.10 Å². The minimum atomic E-state index is 0. The van der Waals surface area contributed by atoms with Gasteiger partial charge in [0.2, 0.25) is 0 Å². The fourth-order valence-electron chi connectivity index (χ4n) is 4.12. The Kier molecular flexibility index (Phi) is 5.04. The van der Waals surface area contributed by atoms with Crippen LogP contribution in [-0.2, 0) is 7.05 Å². The molecule has 4 aromatic rings. The standard InChI is InChI=1S/C22H23N5.ClH/c1-14-9-17(10-18-13-27(2)26-22(14)18)16-3-4-19-20(11-16)24-12-21(25-19)15-5-7-23-8-6-15;/h3-4,9-13,15,23H,5-8H2,1-2H3;1H. The molecule has 2 aromatic carbocycles. The number of piperidine rings is 1. The van der Waals surface area contributed by atoms with E-state index in [1.165, 1.54) is 22.1 Å². The quantitative estimate of drug-likeness (QED) is 0.549. The monoisotopic (exact) mass is 393 g/mol. The van der Waals surface area contributed by atoms with Gasteiger partial charge < -0.3 is 5.32 Å². The zero-order valence-electron chi connectivity index (χ0n) is 16.1. The molecule has 0 unspecified atom stereocenters. The van der Waals surface area contributed by atoms with Gasteiger partial charge in [0.25, 0.3) is 0 Å². The van der Waals surface area contributed by atoms with Gasteiger partial charge in [-0.3, -0.25) is 9.67 Å². The first-order chi connectivity index (χ1) is 13.2. The molecule has 0 spiro atoms. The number of halogens is 1. The van der Waals surface area contributed by atoms with Crippen LogP contribution in [0.25, 0.3) is 33.1 Å². The van der Waals surface area contributed by atoms with Crippen molar-refractivity contribution in [1.82, 2.24) is 25.1 Å². The number of hydrogen-bond acceptors (Lipinski definition) is 4. The van der Waals surface area contributed by atoms with Crippen LogP contribution < -0.4 is 5.32 Å². The van der Waals surface area contributed by atoms with Crippen LogP contribution in [0.5, 0.6) is 0 Å². The third-order valence-electron chi connectivity index (χ3n) is 5.57. The van der Waals surface area contributed by atoms with Gasteiger partial charge in [-0.15, -0.1) is 12.4 Å². The molecule has 5 nitrogen and oxygen atoms in total. The van der Waals surface area contributed by atoms with Crippen LogP contribution in [0.1, 0.15) is 30.0 Å². The van der Waals surface area contributed by atoms with Crippen LogP contribution in [0.2, 0.25) is 0 Å². The highest BCUT2D eigenvalue weighted by molar-refractivity contribution is 5.89. The Bertz CT molecular complexity index is 1140. The van der Waals surface area contributed by atoms with E-state index in [1.54, 1.807) is 0 Å². The minimum absolute atomic E-state index is 0. The summed E-state index contributed by atoms with van der Waals surface area (Å²) < 4.78 is 1.87. The van der Waals surface area contributed by atoms with Crippen molar-refractivity contribution in [3.8, 4) is 11.1 Å². The van der Waals surface area contributed by atoms with Gasteiger partial charge in [-0.1, -0.05) is 6.07 Å². The van der Waals surface area contributed by atoms with E-state index >= 15 is 0 Å². The molecular formula is C22H24ClN5. The number of benzene rings is 2. The predicted octanol–water partition coefficient (Wildman–Crippen LogP) is 4.38. The SMILES string of the molecule is Cc1cc(-c2ccc3nc(C4CCNCC4)cnc3c2)cc2cn(C)nc12.Cl. The molecule has 1 aliphatic rings. The largest absolute Gasteiger partial charge is 0.317 e. The van der Waals surface area contributed by atoms with Crippen LogP contribution >= 0.6 is 12.4 Å².